The van der Waals surface area contributed by atoms with Gasteiger partial charge in [0.05, 0.1) is 11.9 Å². The maximum atomic E-state index is 9.08. The number of pyridine rings is 1. The molecule has 0 aliphatic heterocycles. The van der Waals surface area contributed by atoms with E-state index in [0.29, 0.717) is 5.41 Å². The van der Waals surface area contributed by atoms with E-state index in [4.69, 9.17) is 5.11 Å². The Kier molecular flexibility index (Phi) is 2.91. The zero-order valence-corrected chi connectivity index (χ0v) is 9.16. The molecule has 0 unspecified atom stereocenters. The third-order valence-corrected chi connectivity index (χ3v) is 3.32. The fraction of sp³-hybridized carbons (Fsp3) is 0.583. The molecule has 0 spiro atoms. The molecule has 1 saturated carbocycles. The highest BCUT2D eigenvalue weighted by Gasteiger charge is 2.39. The lowest BCUT2D eigenvalue weighted by molar-refractivity contribution is 0.440. The molecule has 3 heteroatoms. The molecule has 1 aliphatic carbocycles. The summed E-state index contributed by atoms with van der Waals surface area (Å²) < 4.78 is 0. The molecule has 82 valence electrons. The van der Waals surface area contributed by atoms with Crippen LogP contribution in [0.15, 0.2) is 18.3 Å². The van der Waals surface area contributed by atoms with Crippen LogP contribution in [0.4, 0.5) is 0 Å². The largest absolute Gasteiger partial charge is 0.506 e. The van der Waals surface area contributed by atoms with Crippen LogP contribution in [-0.2, 0) is 6.54 Å². The number of nitrogens with one attached hydrogen (secondary N) is 1. The first-order valence-corrected chi connectivity index (χ1v) is 5.59. The molecule has 0 aromatic carbocycles. The van der Waals surface area contributed by atoms with Crippen molar-refractivity contribution in [2.24, 2.45) is 5.41 Å². The van der Waals surface area contributed by atoms with Crippen molar-refractivity contribution in [2.45, 2.75) is 32.7 Å². The molecular weight excluding hydrogens is 188 g/mol. The highest BCUT2D eigenvalue weighted by molar-refractivity contribution is 5.17. The molecule has 15 heavy (non-hydrogen) atoms. The number of aromatic hydroxyl groups is 1. The van der Waals surface area contributed by atoms with E-state index in [1.807, 2.05) is 6.07 Å². The Morgan fingerprint density at radius 1 is 1.47 bits per heavy atom. The Balaban J connectivity index is 1.76. The molecule has 3 nitrogen and oxygen atoms in total. The summed E-state index contributed by atoms with van der Waals surface area (Å²) in [7, 11) is 0. The van der Waals surface area contributed by atoms with Crippen molar-refractivity contribution in [3.05, 3.63) is 24.0 Å². The standard InChI is InChI=1S/C12H18N2O/c1-2-12(5-6-12)9-13-7-10-3-4-11(15)8-14-10/h3-4,8,13,15H,2,5-7,9H2,1H3. The molecule has 1 heterocycles. The first-order chi connectivity index (χ1) is 7.24. The van der Waals surface area contributed by atoms with E-state index < -0.39 is 0 Å². The normalized spacial score (nSPS) is 17.7. The fourth-order valence-electron chi connectivity index (χ4n) is 1.81. The van der Waals surface area contributed by atoms with E-state index in [0.717, 1.165) is 18.8 Å². The van der Waals surface area contributed by atoms with E-state index in [-0.39, 0.29) is 5.75 Å². The van der Waals surface area contributed by atoms with Crippen molar-refractivity contribution in [2.75, 3.05) is 6.54 Å². The summed E-state index contributed by atoms with van der Waals surface area (Å²) in [4.78, 5) is 4.13. The van der Waals surface area contributed by atoms with Crippen LogP contribution in [0.25, 0.3) is 0 Å². The van der Waals surface area contributed by atoms with Gasteiger partial charge in [-0.2, -0.15) is 0 Å². The zero-order chi connectivity index (χ0) is 10.7. The second-order valence-corrected chi connectivity index (χ2v) is 4.46. The molecule has 0 bridgehead atoms. The van der Waals surface area contributed by atoms with Gasteiger partial charge in [-0.25, -0.2) is 0 Å². The van der Waals surface area contributed by atoms with Crippen LogP contribution in [0.2, 0.25) is 0 Å². The molecule has 1 aromatic rings. The molecule has 2 rings (SSSR count). The van der Waals surface area contributed by atoms with Crippen molar-refractivity contribution in [1.82, 2.24) is 10.3 Å². The van der Waals surface area contributed by atoms with Gasteiger partial charge in [0.2, 0.25) is 0 Å². The van der Waals surface area contributed by atoms with Crippen molar-refractivity contribution < 1.29 is 5.11 Å². The van der Waals surface area contributed by atoms with Crippen molar-refractivity contribution in [1.29, 1.82) is 0 Å². The minimum absolute atomic E-state index is 0.228. The van der Waals surface area contributed by atoms with Crippen molar-refractivity contribution in [3.63, 3.8) is 0 Å². The monoisotopic (exact) mass is 206 g/mol. The number of aromatic nitrogens is 1. The quantitative estimate of drug-likeness (QED) is 0.775. The molecule has 0 saturated heterocycles. The number of nitrogens with zero attached hydrogens (tertiary/aromatic N) is 1. The van der Waals surface area contributed by atoms with Crippen LogP contribution in [0.5, 0.6) is 5.75 Å². The van der Waals surface area contributed by atoms with Gasteiger partial charge in [-0.05, 0) is 36.8 Å². The lowest BCUT2D eigenvalue weighted by atomic mass is 10.0. The maximum Gasteiger partial charge on any atom is 0.133 e. The molecular formula is C12H18N2O. The minimum Gasteiger partial charge on any atom is -0.506 e. The van der Waals surface area contributed by atoms with Crippen LogP contribution >= 0.6 is 0 Å². The predicted octanol–water partition coefficient (Wildman–Crippen LogP) is 2.07. The molecule has 0 radical (unpaired) electrons. The third kappa shape index (κ3) is 2.69. The number of hydrogen-bond donors (Lipinski definition) is 2. The van der Waals surface area contributed by atoms with E-state index in [2.05, 4.69) is 17.2 Å². The SMILES string of the molecule is CCC1(CNCc2ccc(O)cn2)CC1. The van der Waals surface area contributed by atoms with Gasteiger partial charge in [0.25, 0.3) is 0 Å². The molecule has 1 aliphatic rings. The summed E-state index contributed by atoms with van der Waals surface area (Å²) in [5.41, 5.74) is 1.57. The second kappa shape index (κ2) is 4.19. The van der Waals surface area contributed by atoms with Crippen LogP contribution in [-0.4, -0.2) is 16.6 Å². The smallest absolute Gasteiger partial charge is 0.133 e. The first-order valence-electron chi connectivity index (χ1n) is 5.59. The van der Waals surface area contributed by atoms with Crippen molar-refractivity contribution in [3.8, 4) is 5.75 Å². The Morgan fingerprint density at radius 2 is 2.27 bits per heavy atom. The second-order valence-electron chi connectivity index (χ2n) is 4.46. The lowest BCUT2D eigenvalue weighted by Gasteiger charge is -2.12. The van der Waals surface area contributed by atoms with E-state index in [9.17, 15) is 0 Å². The van der Waals surface area contributed by atoms with E-state index in [1.165, 1.54) is 25.5 Å². The summed E-state index contributed by atoms with van der Waals surface area (Å²) in [6, 6.07) is 3.53. The van der Waals surface area contributed by atoms with E-state index in [1.54, 1.807) is 6.07 Å². The highest BCUT2D eigenvalue weighted by Crippen LogP contribution is 2.47. The molecule has 0 atom stereocenters. The van der Waals surface area contributed by atoms with Gasteiger partial charge in [0.15, 0.2) is 0 Å². The van der Waals surface area contributed by atoms with Gasteiger partial charge in [0, 0.05) is 13.1 Å². The predicted molar refractivity (Wildman–Crippen MR) is 59.6 cm³/mol. The average molecular weight is 206 g/mol. The molecule has 1 fully saturated rings. The van der Waals surface area contributed by atoms with Crippen LogP contribution in [0.1, 0.15) is 31.9 Å². The topological polar surface area (TPSA) is 45.1 Å². The minimum atomic E-state index is 0.228. The fourth-order valence-corrected chi connectivity index (χ4v) is 1.81. The van der Waals surface area contributed by atoms with Crippen molar-refractivity contribution >= 4 is 0 Å². The Labute approximate surface area is 90.5 Å². The van der Waals surface area contributed by atoms with Gasteiger partial charge < -0.3 is 10.4 Å². The Bertz CT molecular complexity index is 317. The van der Waals surface area contributed by atoms with E-state index >= 15 is 0 Å². The Morgan fingerprint density at radius 3 is 2.80 bits per heavy atom. The van der Waals surface area contributed by atoms with Crippen LogP contribution in [0, 0.1) is 5.41 Å². The highest BCUT2D eigenvalue weighted by atomic mass is 16.3. The molecule has 2 N–H and O–H groups in total. The van der Waals surface area contributed by atoms with Crippen LogP contribution in [0.3, 0.4) is 0 Å². The summed E-state index contributed by atoms with van der Waals surface area (Å²) in [5, 5.41) is 12.5. The maximum absolute atomic E-state index is 9.08. The summed E-state index contributed by atoms with van der Waals surface area (Å²) >= 11 is 0. The number of hydrogen-bond acceptors (Lipinski definition) is 3. The average Bonchev–Trinajstić information content (AvgIpc) is 3.02. The molecule has 0 amide bonds. The first kappa shape index (κ1) is 10.4. The lowest BCUT2D eigenvalue weighted by Crippen LogP contribution is -2.23. The van der Waals surface area contributed by atoms with Gasteiger partial charge in [0.1, 0.15) is 5.75 Å². The van der Waals surface area contributed by atoms with Gasteiger partial charge >= 0.3 is 0 Å². The summed E-state index contributed by atoms with van der Waals surface area (Å²) in [5.74, 6) is 0.228. The Hall–Kier alpha value is -1.09. The molecule has 1 aromatic heterocycles. The van der Waals surface area contributed by atoms with Crippen LogP contribution < -0.4 is 5.32 Å². The summed E-state index contributed by atoms with van der Waals surface area (Å²) in [6.45, 7) is 4.14. The van der Waals surface area contributed by atoms with Gasteiger partial charge in [-0.15, -0.1) is 0 Å². The zero-order valence-electron chi connectivity index (χ0n) is 9.16. The number of rotatable bonds is 5. The van der Waals surface area contributed by atoms with Gasteiger partial charge in [-0.1, -0.05) is 6.92 Å². The van der Waals surface area contributed by atoms with Gasteiger partial charge in [-0.3, -0.25) is 4.98 Å². The summed E-state index contributed by atoms with van der Waals surface area (Å²) in [6.07, 6.45) is 5.48. The third-order valence-electron chi connectivity index (χ3n) is 3.32.